The Hall–Kier alpha value is -0.780. The molecule has 0 aliphatic carbocycles. The molecule has 16 heavy (non-hydrogen) atoms. The molecule has 0 radical (unpaired) electrons. The van der Waals surface area contributed by atoms with Gasteiger partial charge in [0.1, 0.15) is 11.9 Å². The van der Waals surface area contributed by atoms with Crippen molar-refractivity contribution in [2.24, 2.45) is 0 Å². The van der Waals surface area contributed by atoms with Gasteiger partial charge in [0.15, 0.2) is 0 Å². The molecular weight excluding hydrogens is 253 g/mol. The number of aliphatic carboxylic acids is 1. The van der Waals surface area contributed by atoms with Crippen LogP contribution >= 0.6 is 23.4 Å². The number of hydrogen-bond acceptors (Lipinski definition) is 3. The van der Waals surface area contributed by atoms with Crippen molar-refractivity contribution in [1.29, 1.82) is 0 Å². The molecule has 0 saturated carbocycles. The Bertz CT molecular complexity index is 409. The molecule has 0 aromatic heterocycles. The van der Waals surface area contributed by atoms with Crippen LogP contribution in [0.25, 0.3) is 0 Å². The van der Waals surface area contributed by atoms with Crippen LogP contribution in [-0.2, 0) is 4.79 Å². The van der Waals surface area contributed by atoms with Gasteiger partial charge in [-0.15, -0.1) is 11.8 Å². The van der Waals surface area contributed by atoms with Crippen LogP contribution in [0, 0.1) is 5.82 Å². The number of rotatable bonds is 2. The van der Waals surface area contributed by atoms with E-state index in [4.69, 9.17) is 16.7 Å². The zero-order chi connectivity index (χ0) is 11.7. The summed E-state index contributed by atoms with van der Waals surface area (Å²) in [5.74, 6) is -0.934. The smallest absolute Gasteiger partial charge is 0.321 e. The second-order valence-corrected chi connectivity index (χ2v) is 4.95. The third-order valence-corrected chi connectivity index (χ3v) is 3.90. The zero-order valence-electron chi connectivity index (χ0n) is 8.11. The minimum atomic E-state index is -0.928. The van der Waals surface area contributed by atoms with Crippen LogP contribution in [0.4, 0.5) is 4.39 Å². The van der Waals surface area contributed by atoms with Gasteiger partial charge in [0.05, 0.1) is 5.37 Å². The normalized spacial score (nSPS) is 24.6. The molecule has 0 spiro atoms. The van der Waals surface area contributed by atoms with Gasteiger partial charge in [-0.1, -0.05) is 17.7 Å². The summed E-state index contributed by atoms with van der Waals surface area (Å²) in [6.07, 6.45) is 0. The number of carboxylic acids is 1. The molecule has 1 aliphatic rings. The molecule has 2 rings (SSSR count). The minimum absolute atomic E-state index is 0.316. The Balaban J connectivity index is 2.24. The van der Waals surface area contributed by atoms with E-state index < -0.39 is 23.2 Å². The van der Waals surface area contributed by atoms with E-state index in [0.717, 1.165) is 0 Å². The van der Waals surface area contributed by atoms with Crippen molar-refractivity contribution in [1.82, 2.24) is 5.32 Å². The lowest BCUT2D eigenvalue weighted by molar-refractivity contribution is -0.138. The van der Waals surface area contributed by atoms with Crippen molar-refractivity contribution >= 4 is 29.3 Å². The number of thioether (sulfide) groups is 1. The monoisotopic (exact) mass is 261 g/mol. The van der Waals surface area contributed by atoms with Gasteiger partial charge in [0.2, 0.25) is 0 Å². The van der Waals surface area contributed by atoms with Crippen molar-refractivity contribution in [3.63, 3.8) is 0 Å². The van der Waals surface area contributed by atoms with Gasteiger partial charge in [0.25, 0.3) is 0 Å². The van der Waals surface area contributed by atoms with E-state index >= 15 is 0 Å². The Labute approximate surface area is 101 Å². The Morgan fingerprint density at radius 2 is 2.38 bits per heavy atom. The van der Waals surface area contributed by atoms with Gasteiger partial charge in [0, 0.05) is 16.3 Å². The summed E-state index contributed by atoms with van der Waals surface area (Å²) >= 11 is 7.24. The third-order valence-electron chi connectivity index (χ3n) is 2.34. The van der Waals surface area contributed by atoms with E-state index in [1.165, 1.54) is 23.9 Å². The fourth-order valence-electron chi connectivity index (χ4n) is 1.54. The van der Waals surface area contributed by atoms with Gasteiger partial charge >= 0.3 is 5.97 Å². The third kappa shape index (κ3) is 2.16. The molecule has 1 saturated heterocycles. The SMILES string of the molecule is O=C(O)[C@H]1CSC(c2c(F)cccc2Cl)N1. The van der Waals surface area contributed by atoms with Crippen LogP contribution in [-0.4, -0.2) is 22.9 Å². The Kier molecular flexibility index (Phi) is 3.37. The number of nitrogens with one attached hydrogen (secondary N) is 1. The fourth-order valence-corrected chi connectivity index (χ4v) is 3.17. The summed E-state index contributed by atoms with van der Waals surface area (Å²) in [5.41, 5.74) is 0.331. The maximum Gasteiger partial charge on any atom is 0.321 e. The zero-order valence-corrected chi connectivity index (χ0v) is 9.69. The molecule has 86 valence electrons. The average Bonchev–Trinajstić information content (AvgIpc) is 2.66. The standard InChI is InChI=1S/C10H9ClFNO2S/c11-5-2-1-3-6(12)8(5)9-13-7(4-16-9)10(14)15/h1-3,7,9,13H,4H2,(H,14,15)/t7-,9?/m1/s1. The van der Waals surface area contributed by atoms with E-state index in [-0.39, 0.29) is 0 Å². The molecule has 0 bridgehead atoms. The summed E-state index contributed by atoms with van der Waals surface area (Å²) in [4.78, 5) is 10.7. The second-order valence-electron chi connectivity index (χ2n) is 3.41. The highest BCUT2D eigenvalue weighted by Crippen LogP contribution is 2.37. The average molecular weight is 262 g/mol. The molecule has 1 fully saturated rings. The van der Waals surface area contributed by atoms with Crippen LogP contribution in [0.3, 0.4) is 0 Å². The molecule has 1 aromatic carbocycles. The Morgan fingerprint density at radius 3 is 2.94 bits per heavy atom. The number of halogens is 2. The van der Waals surface area contributed by atoms with E-state index in [1.807, 2.05) is 0 Å². The number of hydrogen-bond donors (Lipinski definition) is 2. The van der Waals surface area contributed by atoms with E-state index in [1.54, 1.807) is 6.07 Å². The van der Waals surface area contributed by atoms with Crippen LogP contribution in [0.2, 0.25) is 5.02 Å². The highest BCUT2D eigenvalue weighted by Gasteiger charge is 2.32. The van der Waals surface area contributed by atoms with Gasteiger partial charge in [-0.2, -0.15) is 0 Å². The van der Waals surface area contributed by atoms with Gasteiger partial charge in [-0.05, 0) is 12.1 Å². The highest BCUT2D eigenvalue weighted by molar-refractivity contribution is 7.99. The Morgan fingerprint density at radius 1 is 1.62 bits per heavy atom. The largest absolute Gasteiger partial charge is 0.480 e. The van der Waals surface area contributed by atoms with Crippen molar-refractivity contribution in [3.05, 3.63) is 34.6 Å². The van der Waals surface area contributed by atoms with Crippen LogP contribution in [0.1, 0.15) is 10.9 Å². The van der Waals surface area contributed by atoms with E-state index in [9.17, 15) is 9.18 Å². The lowest BCUT2D eigenvalue weighted by Gasteiger charge is -2.13. The fraction of sp³-hybridized carbons (Fsp3) is 0.300. The van der Waals surface area contributed by atoms with Crippen LogP contribution in [0.15, 0.2) is 18.2 Å². The topological polar surface area (TPSA) is 49.3 Å². The molecule has 2 N–H and O–H groups in total. The lowest BCUT2D eigenvalue weighted by Crippen LogP contribution is -2.33. The van der Waals surface area contributed by atoms with Gasteiger partial charge < -0.3 is 5.11 Å². The molecule has 2 atom stereocenters. The first-order valence-corrected chi connectivity index (χ1v) is 6.06. The second kappa shape index (κ2) is 4.61. The molecule has 1 unspecified atom stereocenters. The van der Waals surface area contributed by atoms with E-state index in [0.29, 0.717) is 16.3 Å². The predicted molar refractivity (Wildman–Crippen MR) is 61.2 cm³/mol. The van der Waals surface area contributed by atoms with Crippen LogP contribution < -0.4 is 5.32 Å². The number of carboxylic acid groups (broad SMARTS) is 1. The van der Waals surface area contributed by atoms with Crippen molar-refractivity contribution < 1.29 is 14.3 Å². The first-order chi connectivity index (χ1) is 7.59. The van der Waals surface area contributed by atoms with Crippen LogP contribution in [0.5, 0.6) is 0 Å². The molecule has 0 amide bonds. The molecule has 6 heteroatoms. The summed E-state index contributed by atoms with van der Waals surface area (Å²) in [6, 6.07) is 3.79. The van der Waals surface area contributed by atoms with Crippen molar-refractivity contribution in [2.45, 2.75) is 11.4 Å². The summed E-state index contributed by atoms with van der Waals surface area (Å²) < 4.78 is 13.5. The first kappa shape index (κ1) is 11.7. The number of benzene rings is 1. The molecule has 1 aliphatic heterocycles. The maximum atomic E-state index is 13.5. The van der Waals surface area contributed by atoms with Gasteiger partial charge in [-0.25, -0.2) is 4.39 Å². The summed E-state index contributed by atoms with van der Waals surface area (Å²) in [7, 11) is 0. The van der Waals surface area contributed by atoms with E-state index in [2.05, 4.69) is 5.32 Å². The van der Waals surface area contributed by atoms with Crippen molar-refractivity contribution in [3.8, 4) is 0 Å². The summed E-state index contributed by atoms with van der Waals surface area (Å²) in [5, 5.41) is 11.6. The minimum Gasteiger partial charge on any atom is -0.480 e. The molecular formula is C10H9ClFNO2S. The highest BCUT2D eigenvalue weighted by atomic mass is 35.5. The summed E-state index contributed by atoms with van der Waals surface area (Å²) in [6.45, 7) is 0. The maximum absolute atomic E-state index is 13.5. The quantitative estimate of drug-likeness (QED) is 0.858. The number of carbonyl (C=O) groups is 1. The molecule has 1 aromatic rings. The first-order valence-electron chi connectivity index (χ1n) is 4.64. The molecule has 1 heterocycles. The molecule has 3 nitrogen and oxygen atoms in total. The van der Waals surface area contributed by atoms with Crippen molar-refractivity contribution in [2.75, 3.05) is 5.75 Å². The predicted octanol–water partition coefficient (Wildman–Crippen LogP) is 2.27. The van der Waals surface area contributed by atoms with Gasteiger partial charge in [-0.3, -0.25) is 10.1 Å². The lowest BCUT2D eigenvalue weighted by atomic mass is 10.2.